The summed E-state index contributed by atoms with van der Waals surface area (Å²) in [5.74, 6) is 0.934. The van der Waals surface area contributed by atoms with Crippen molar-refractivity contribution in [2.24, 2.45) is 0 Å². The molecule has 74 valence electrons. The van der Waals surface area contributed by atoms with Crippen molar-refractivity contribution in [1.29, 1.82) is 0 Å². The Morgan fingerprint density at radius 1 is 1.00 bits per heavy atom. The number of para-hydroxylation sites is 1. The van der Waals surface area contributed by atoms with E-state index in [1.54, 1.807) is 0 Å². The lowest BCUT2D eigenvalue weighted by Crippen LogP contribution is -1.98. The Hall–Kier alpha value is -1.90. The van der Waals surface area contributed by atoms with Crippen LogP contribution < -0.4 is 4.74 Å². The molecule has 0 N–H and O–H groups in total. The van der Waals surface area contributed by atoms with Crippen LogP contribution in [0.1, 0.15) is 5.56 Å². The fourth-order valence-electron chi connectivity index (χ4n) is 1.87. The van der Waals surface area contributed by atoms with Crippen molar-refractivity contribution >= 4 is 0 Å². The Morgan fingerprint density at radius 3 is 2.87 bits per heavy atom. The van der Waals surface area contributed by atoms with Gasteiger partial charge in [0.2, 0.25) is 0 Å². The predicted molar refractivity (Wildman–Crippen MR) is 56.7 cm³/mol. The summed E-state index contributed by atoms with van der Waals surface area (Å²) in [5.41, 5.74) is 3.45. The SMILES string of the molecule is c1ccc2c(c1)OCCc1cnncc1-2. The molecule has 0 radical (unpaired) electrons. The van der Waals surface area contributed by atoms with E-state index in [4.69, 9.17) is 4.74 Å². The molecule has 1 aromatic heterocycles. The van der Waals surface area contributed by atoms with Crippen LogP contribution in [0, 0.1) is 0 Å². The molecule has 15 heavy (non-hydrogen) atoms. The van der Waals surface area contributed by atoms with Crippen LogP contribution >= 0.6 is 0 Å². The lowest BCUT2D eigenvalue weighted by molar-refractivity contribution is 0.326. The molecule has 0 saturated carbocycles. The molecular formula is C12H10N2O. The third kappa shape index (κ3) is 1.36. The highest BCUT2D eigenvalue weighted by Crippen LogP contribution is 2.33. The minimum Gasteiger partial charge on any atom is -0.493 e. The number of benzene rings is 1. The van der Waals surface area contributed by atoms with Gasteiger partial charge in [0.1, 0.15) is 5.75 Å². The largest absolute Gasteiger partial charge is 0.493 e. The third-order valence-electron chi connectivity index (χ3n) is 2.62. The van der Waals surface area contributed by atoms with Crippen molar-refractivity contribution in [1.82, 2.24) is 10.2 Å². The van der Waals surface area contributed by atoms with E-state index in [0.717, 1.165) is 23.3 Å². The molecule has 2 aromatic rings. The molecule has 0 aliphatic carbocycles. The first-order valence-electron chi connectivity index (χ1n) is 4.97. The lowest BCUT2D eigenvalue weighted by atomic mass is 10.0. The molecule has 2 heterocycles. The maximum atomic E-state index is 5.68. The number of ether oxygens (including phenoxy) is 1. The molecule has 3 heteroatoms. The third-order valence-corrected chi connectivity index (χ3v) is 2.62. The van der Waals surface area contributed by atoms with Crippen LogP contribution in [-0.2, 0) is 6.42 Å². The molecular weight excluding hydrogens is 188 g/mol. The van der Waals surface area contributed by atoms with Gasteiger partial charge in [0.25, 0.3) is 0 Å². The van der Waals surface area contributed by atoms with Crippen molar-refractivity contribution < 1.29 is 4.74 Å². The maximum absolute atomic E-state index is 5.68. The second-order valence-corrected chi connectivity index (χ2v) is 3.52. The van der Waals surface area contributed by atoms with Crippen LogP contribution in [0.3, 0.4) is 0 Å². The van der Waals surface area contributed by atoms with Gasteiger partial charge < -0.3 is 4.74 Å². The van der Waals surface area contributed by atoms with Gasteiger partial charge in [0.15, 0.2) is 0 Å². The van der Waals surface area contributed by atoms with Crippen LogP contribution in [0.25, 0.3) is 11.1 Å². The van der Waals surface area contributed by atoms with E-state index in [1.165, 1.54) is 5.56 Å². The van der Waals surface area contributed by atoms with E-state index in [2.05, 4.69) is 16.3 Å². The van der Waals surface area contributed by atoms with E-state index in [1.807, 2.05) is 30.6 Å². The summed E-state index contributed by atoms with van der Waals surface area (Å²) in [4.78, 5) is 0. The molecule has 1 aliphatic rings. The molecule has 0 saturated heterocycles. The summed E-state index contributed by atoms with van der Waals surface area (Å²) in [6.07, 6.45) is 4.52. The van der Waals surface area contributed by atoms with Crippen molar-refractivity contribution in [2.75, 3.05) is 6.61 Å². The zero-order chi connectivity index (χ0) is 10.1. The van der Waals surface area contributed by atoms with Crippen LogP contribution in [0.15, 0.2) is 36.7 Å². The van der Waals surface area contributed by atoms with Crippen molar-refractivity contribution in [3.05, 3.63) is 42.2 Å². The summed E-state index contributed by atoms with van der Waals surface area (Å²) >= 11 is 0. The zero-order valence-electron chi connectivity index (χ0n) is 8.18. The average molecular weight is 198 g/mol. The number of nitrogens with zero attached hydrogens (tertiary/aromatic N) is 2. The summed E-state index contributed by atoms with van der Waals surface area (Å²) in [6, 6.07) is 8.04. The quantitative estimate of drug-likeness (QED) is 0.650. The highest BCUT2D eigenvalue weighted by Gasteiger charge is 2.14. The number of hydrogen-bond acceptors (Lipinski definition) is 3. The molecule has 3 nitrogen and oxygen atoms in total. The number of rotatable bonds is 0. The van der Waals surface area contributed by atoms with Gasteiger partial charge in [-0.15, -0.1) is 0 Å². The second kappa shape index (κ2) is 3.35. The van der Waals surface area contributed by atoms with Gasteiger partial charge in [-0.3, -0.25) is 0 Å². The Morgan fingerprint density at radius 2 is 1.87 bits per heavy atom. The van der Waals surface area contributed by atoms with Crippen molar-refractivity contribution in [2.45, 2.75) is 6.42 Å². The molecule has 0 bridgehead atoms. The van der Waals surface area contributed by atoms with Gasteiger partial charge in [0.05, 0.1) is 19.0 Å². The van der Waals surface area contributed by atoms with Crippen molar-refractivity contribution in [3.8, 4) is 16.9 Å². The second-order valence-electron chi connectivity index (χ2n) is 3.52. The van der Waals surface area contributed by atoms with E-state index in [9.17, 15) is 0 Å². The van der Waals surface area contributed by atoms with Crippen LogP contribution in [0.5, 0.6) is 5.75 Å². The molecule has 1 aliphatic heterocycles. The molecule has 0 spiro atoms. The summed E-state index contributed by atoms with van der Waals surface area (Å²) in [5, 5.41) is 7.84. The van der Waals surface area contributed by atoms with Gasteiger partial charge >= 0.3 is 0 Å². The average Bonchev–Trinajstić information content (AvgIpc) is 2.48. The van der Waals surface area contributed by atoms with E-state index in [0.29, 0.717) is 6.61 Å². The van der Waals surface area contributed by atoms with Crippen molar-refractivity contribution in [3.63, 3.8) is 0 Å². The Kier molecular flexibility index (Phi) is 1.88. The Labute approximate surface area is 87.7 Å². The minimum absolute atomic E-state index is 0.704. The first kappa shape index (κ1) is 8.41. The summed E-state index contributed by atoms with van der Waals surface area (Å²) in [7, 11) is 0. The predicted octanol–water partition coefficient (Wildman–Crippen LogP) is 2.08. The first-order chi connectivity index (χ1) is 7.45. The van der Waals surface area contributed by atoms with Gasteiger partial charge in [-0.2, -0.15) is 10.2 Å². The normalized spacial score (nSPS) is 13.3. The van der Waals surface area contributed by atoms with E-state index >= 15 is 0 Å². The molecule has 0 fully saturated rings. The van der Waals surface area contributed by atoms with Crippen LogP contribution in [-0.4, -0.2) is 16.8 Å². The highest BCUT2D eigenvalue weighted by molar-refractivity contribution is 5.72. The van der Waals surface area contributed by atoms with Gasteiger partial charge in [0, 0.05) is 17.5 Å². The van der Waals surface area contributed by atoms with Gasteiger partial charge in [-0.25, -0.2) is 0 Å². The number of hydrogen-bond donors (Lipinski definition) is 0. The molecule has 3 rings (SSSR count). The standard InChI is InChI=1S/C12H10N2O/c1-2-4-12-10(3-1)11-8-14-13-7-9(11)5-6-15-12/h1-4,7-8H,5-6H2. The fourth-order valence-corrected chi connectivity index (χ4v) is 1.87. The Bertz CT molecular complexity index is 451. The van der Waals surface area contributed by atoms with Crippen LogP contribution in [0.2, 0.25) is 0 Å². The lowest BCUT2D eigenvalue weighted by Gasteiger charge is -2.06. The van der Waals surface area contributed by atoms with Crippen LogP contribution in [0.4, 0.5) is 0 Å². The highest BCUT2D eigenvalue weighted by atomic mass is 16.5. The monoisotopic (exact) mass is 198 g/mol. The summed E-state index contributed by atoms with van der Waals surface area (Å²) < 4.78 is 5.68. The van der Waals surface area contributed by atoms with E-state index < -0.39 is 0 Å². The first-order valence-corrected chi connectivity index (χ1v) is 4.97. The topological polar surface area (TPSA) is 35.0 Å². The van der Waals surface area contributed by atoms with E-state index in [-0.39, 0.29) is 0 Å². The molecule has 1 aromatic carbocycles. The minimum atomic E-state index is 0.704. The Balaban J connectivity index is 2.27. The molecule has 0 amide bonds. The van der Waals surface area contributed by atoms with Gasteiger partial charge in [-0.1, -0.05) is 18.2 Å². The molecule has 0 atom stereocenters. The van der Waals surface area contributed by atoms with Gasteiger partial charge in [-0.05, 0) is 11.6 Å². The zero-order valence-corrected chi connectivity index (χ0v) is 8.18. The molecule has 0 unspecified atom stereocenters. The number of aromatic nitrogens is 2. The smallest absolute Gasteiger partial charge is 0.127 e. The maximum Gasteiger partial charge on any atom is 0.127 e. The fraction of sp³-hybridized carbons (Fsp3) is 0.167. The summed E-state index contributed by atoms with van der Waals surface area (Å²) in [6.45, 7) is 0.704. The number of fused-ring (bicyclic) bond motifs is 3.